The number of carbonyl (C=O) groups is 1. The lowest BCUT2D eigenvalue weighted by molar-refractivity contribution is -0.151. The molecule has 2 aliphatic heterocycles. The van der Waals surface area contributed by atoms with Gasteiger partial charge in [-0.3, -0.25) is 28.2 Å². The third-order valence-electron chi connectivity index (χ3n) is 5.45. The lowest BCUT2D eigenvalue weighted by atomic mass is 10.1. The van der Waals surface area contributed by atoms with Crippen LogP contribution in [0.15, 0.2) is 39.0 Å². The molecule has 4 rings (SSSR count). The number of aromatic nitrogens is 2. The Bertz CT molecular complexity index is 1310. The normalized spacial score (nSPS) is 25.9. The van der Waals surface area contributed by atoms with E-state index in [-0.39, 0.29) is 31.7 Å². The Morgan fingerprint density at radius 2 is 2.20 bits per heavy atom. The van der Waals surface area contributed by atoms with Crippen molar-refractivity contribution in [3.8, 4) is 5.75 Å². The van der Waals surface area contributed by atoms with Gasteiger partial charge in [-0.2, -0.15) is 0 Å². The first kappa shape index (κ1) is 25.5. The van der Waals surface area contributed by atoms with Crippen LogP contribution in [0.5, 0.6) is 5.75 Å². The molecule has 3 N–H and O–H groups in total. The van der Waals surface area contributed by atoms with Gasteiger partial charge in [-0.15, -0.1) is 0 Å². The Balaban J connectivity index is 1.53. The number of hydrogen-bond donors (Lipinski definition) is 2. The second-order valence-corrected chi connectivity index (χ2v) is 9.93. The first-order chi connectivity index (χ1) is 16.7. The average Bonchev–Trinajstić information content (AvgIpc) is 3.22. The molecule has 1 saturated heterocycles. The van der Waals surface area contributed by atoms with Crippen LogP contribution in [-0.4, -0.2) is 40.9 Å². The molecule has 188 valence electrons. The van der Waals surface area contributed by atoms with Gasteiger partial charge in [-0.1, -0.05) is 34.1 Å². The van der Waals surface area contributed by atoms with Gasteiger partial charge < -0.3 is 19.7 Å². The second-order valence-electron chi connectivity index (χ2n) is 7.81. The van der Waals surface area contributed by atoms with Crippen molar-refractivity contribution < 1.29 is 32.4 Å². The fourth-order valence-corrected chi connectivity index (χ4v) is 5.31. The standard InChI is InChI=1S/C21H23BrN3O9P/c1-12-3-2-4-14-10-30-35(29,34-19(12)14)31-11-16-15(33-18(26)8-23)7-17(32-16)25-9-13(5-6-22)20(27)24-21(25)28/h2-6,9,15-17H,7-8,10-11,23H2,1H3,(H,24,27,28)/b6-5+/t15-,16+,17+,35?/m0/s1. The molecule has 2 aliphatic rings. The van der Waals surface area contributed by atoms with Crippen molar-refractivity contribution in [3.05, 3.63) is 66.9 Å². The summed E-state index contributed by atoms with van der Waals surface area (Å²) in [5, 5.41) is 0. The average molecular weight is 572 g/mol. The number of benzene rings is 1. The number of fused-ring (bicyclic) bond motifs is 1. The molecule has 1 aromatic carbocycles. The van der Waals surface area contributed by atoms with Crippen molar-refractivity contribution in [2.75, 3.05) is 13.2 Å². The summed E-state index contributed by atoms with van der Waals surface area (Å²) in [5.74, 6) is -0.270. The molecule has 4 atom stereocenters. The maximum Gasteiger partial charge on any atom is 0.530 e. The van der Waals surface area contributed by atoms with Gasteiger partial charge in [0.1, 0.15) is 24.2 Å². The number of halogens is 1. The van der Waals surface area contributed by atoms with E-state index < -0.39 is 43.5 Å². The number of nitrogens with one attached hydrogen (secondary N) is 1. The number of rotatable bonds is 7. The number of nitrogens with zero attached hydrogens (tertiary/aromatic N) is 1. The van der Waals surface area contributed by atoms with Gasteiger partial charge in [0.05, 0.1) is 25.3 Å². The number of ether oxygens (including phenoxy) is 2. The highest BCUT2D eigenvalue weighted by molar-refractivity contribution is 9.11. The molecule has 3 heterocycles. The number of aromatic amines is 1. The monoisotopic (exact) mass is 571 g/mol. The van der Waals surface area contributed by atoms with E-state index in [1.54, 1.807) is 6.07 Å². The Hall–Kier alpha value is -2.54. The molecular formula is C21H23BrN3O9P. The highest BCUT2D eigenvalue weighted by Gasteiger charge is 2.43. The van der Waals surface area contributed by atoms with Gasteiger partial charge in [0.25, 0.3) is 5.56 Å². The van der Waals surface area contributed by atoms with Crippen LogP contribution in [0.3, 0.4) is 0 Å². The van der Waals surface area contributed by atoms with Crippen LogP contribution in [-0.2, 0) is 34.5 Å². The van der Waals surface area contributed by atoms with Crippen LogP contribution >= 0.6 is 23.8 Å². The van der Waals surface area contributed by atoms with Crippen LogP contribution < -0.4 is 21.5 Å². The van der Waals surface area contributed by atoms with E-state index in [1.165, 1.54) is 21.8 Å². The van der Waals surface area contributed by atoms with Crippen LogP contribution in [0, 0.1) is 6.92 Å². The summed E-state index contributed by atoms with van der Waals surface area (Å²) in [6.45, 7) is 1.14. The molecule has 0 bridgehead atoms. The number of H-pyrrole nitrogens is 1. The van der Waals surface area contributed by atoms with E-state index in [0.717, 1.165) is 11.1 Å². The van der Waals surface area contributed by atoms with Gasteiger partial charge in [-0.25, -0.2) is 9.36 Å². The first-order valence-electron chi connectivity index (χ1n) is 10.6. The lowest BCUT2D eigenvalue weighted by Gasteiger charge is -2.27. The molecule has 0 spiro atoms. The van der Waals surface area contributed by atoms with Crippen molar-refractivity contribution in [3.63, 3.8) is 0 Å². The summed E-state index contributed by atoms with van der Waals surface area (Å²) < 4.78 is 42.0. The number of phosphoric acid groups is 1. The maximum absolute atomic E-state index is 13.1. The number of nitrogens with two attached hydrogens (primary N) is 1. The molecular weight excluding hydrogens is 549 g/mol. The van der Waals surface area contributed by atoms with Gasteiger partial charge in [-0.05, 0) is 23.5 Å². The topological polar surface area (TPSA) is 161 Å². The maximum atomic E-state index is 13.1. The summed E-state index contributed by atoms with van der Waals surface area (Å²) in [7, 11) is -3.99. The smallest absolute Gasteiger partial charge is 0.458 e. The van der Waals surface area contributed by atoms with Crippen molar-refractivity contribution in [1.82, 2.24) is 9.55 Å². The third-order valence-corrected chi connectivity index (χ3v) is 7.03. The highest BCUT2D eigenvalue weighted by atomic mass is 79.9. The number of esters is 1. The predicted octanol–water partition coefficient (Wildman–Crippen LogP) is 2.10. The van der Waals surface area contributed by atoms with Crippen molar-refractivity contribution in [2.24, 2.45) is 5.73 Å². The van der Waals surface area contributed by atoms with E-state index in [4.69, 9.17) is 28.8 Å². The van der Waals surface area contributed by atoms with E-state index in [0.29, 0.717) is 5.75 Å². The van der Waals surface area contributed by atoms with Gasteiger partial charge in [0, 0.05) is 18.2 Å². The number of hydrogen-bond acceptors (Lipinski definition) is 10. The first-order valence-corrected chi connectivity index (χ1v) is 12.9. The minimum absolute atomic E-state index is 0.0324. The zero-order valence-corrected chi connectivity index (χ0v) is 21.0. The second kappa shape index (κ2) is 10.6. The molecule has 0 amide bonds. The molecule has 1 unspecified atom stereocenters. The number of carbonyl (C=O) groups excluding carboxylic acids is 1. The van der Waals surface area contributed by atoms with E-state index in [9.17, 15) is 18.9 Å². The van der Waals surface area contributed by atoms with E-state index >= 15 is 0 Å². The van der Waals surface area contributed by atoms with Gasteiger partial charge >= 0.3 is 19.5 Å². The number of phosphoric ester groups is 1. The molecule has 0 aliphatic carbocycles. The summed E-state index contributed by atoms with van der Waals surface area (Å²) in [6, 6.07) is 5.43. The lowest BCUT2D eigenvalue weighted by Crippen LogP contribution is -2.33. The van der Waals surface area contributed by atoms with Gasteiger partial charge in [0.15, 0.2) is 0 Å². The Labute approximate surface area is 207 Å². The summed E-state index contributed by atoms with van der Waals surface area (Å²) >= 11 is 3.09. The van der Waals surface area contributed by atoms with Crippen molar-refractivity contribution >= 4 is 35.8 Å². The van der Waals surface area contributed by atoms with Crippen LogP contribution in [0.25, 0.3) is 6.08 Å². The quantitative estimate of drug-likeness (QED) is 0.371. The highest BCUT2D eigenvalue weighted by Crippen LogP contribution is 2.55. The summed E-state index contributed by atoms with van der Waals surface area (Å²) in [6.07, 6.45) is 0.111. The molecule has 12 nitrogen and oxygen atoms in total. The van der Waals surface area contributed by atoms with Crippen LogP contribution in [0.1, 0.15) is 29.3 Å². The zero-order chi connectivity index (χ0) is 25.2. The number of para-hydroxylation sites is 1. The van der Waals surface area contributed by atoms with Crippen molar-refractivity contribution in [2.45, 2.75) is 38.4 Å². The minimum atomic E-state index is -3.99. The van der Waals surface area contributed by atoms with Crippen molar-refractivity contribution in [1.29, 1.82) is 0 Å². The van der Waals surface area contributed by atoms with Gasteiger partial charge in [0.2, 0.25) is 0 Å². The van der Waals surface area contributed by atoms with E-state index in [1.807, 2.05) is 19.1 Å². The molecule has 35 heavy (non-hydrogen) atoms. The van der Waals surface area contributed by atoms with Crippen LogP contribution in [0.2, 0.25) is 0 Å². The summed E-state index contributed by atoms with van der Waals surface area (Å²) in [5.41, 5.74) is 5.78. The Morgan fingerprint density at radius 1 is 1.40 bits per heavy atom. The SMILES string of the molecule is Cc1cccc2c1OP(=O)(OC[C@H]1O[C@@H](n3cc(/C=C/Br)c(=O)[nH]c3=O)C[C@@H]1OC(=O)CN)OC2. The molecule has 0 radical (unpaired) electrons. The minimum Gasteiger partial charge on any atom is -0.458 e. The zero-order valence-electron chi connectivity index (χ0n) is 18.5. The number of aryl methyl sites for hydroxylation is 1. The Kier molecular flexibility index (Phi) is 7.74. The van der Waals surface area contributed by atoms with Crippen LogP contribution in [0.4, 0.5) is 0 Å². The largest absolute Gasteiger partial charge is 0.530 e. The molecule has 1 fully saturated rings. The molecule has 0 saturated carbocycles. The van der Waals surface area contributed by atoms with E-state index in [2.05, 4.69) is 20.9 Å². The summed E-state index contributed by atoms with van der Waals surface area (Å²) in [4.78, 5) is 40.0. The fourth-order valence-electron chi connectivity index (χ4n) is 3.74. The predicted molar refractivity (Wildman–Crippen MR) is 127 cm³/mol. The molecule has 14 heteroatoms. The Morgan fingerprint density at radius 3 is 2.94 bits per heavy atom. The fraction of sp³-hybridized carbons (Fsp3) is 0.381. The molecule has 1 aromatic heterocycles. The third kappa shape index (κ3) is 5.66. The molecule has 2 aromatic rings.